The van der Waals surface area contributed by atoms with Gasteiger partial charge in [0.15, 0.2) is 0 Å². The first-order valence-corrected chi connectivity index (χ1v) is 7.63. The molecule has 0 aromatic rings. The maximum atomic E-state index is 11.9. The Morgan fingerprint density at radius 2 is 2.00 bits per heavy atom. The quantitative estimate of drug-likeness (QED) is 0.555. The van der Waals surface area contributed by atoms with Gasteiger partial charge in [0.1, 0.15) is 0 Å². The van der Waals surface area contributed by atoms with E-state index in [0.717, 1.165) is 6.54 Å². The van der Waals surface area contributed by atoms with E-state index in [1.54, 1.807) is 7.11 Å². The second-order valence-electron chi connectivity index (χ2n) is 4.34. The Morgan fingerprint density at radius 1 is 1.33 bits per heavy atom. The molecule has 0 aliphatic carbocycles. The van der Waals surface area contributed by atoms with Gasteiger partial charge in [0.05, 0.1) is 6.61 Å². The lowest BCUT2D eigenvalue weighted by Gasteiger charge is -2.27. The molecule has 18 heavy (non-hydrogen) atoms. The molecule has 1 heterocycles. The van der Waals surface area contributed by atoms with Crippen LogP contribution in [0.5, 0.6) is 0 Å². The monoisotopic (exact) mass is 280 g/mol. The second kappa shape index (κ2) is 8.03. The molecule has 0 spiro atoms. The lowest BCUT2D eigenvalue weighted by molar-refractivity contribution is 0.162. The predicted molar refractivity (Wildman–Crippen MR) is 70.7 cm³/mol. The van der Waals surface area contributed by atoms with Gasteiger partial charge >= 0.3 is 0 Å². The van der Waals surface area contributed by atoms with Crippen molar-refractivity contribution in [2.24, 2.45) is 0 Å². The Kier molecular flexibility index (Phi) is 7.05. The Labute approximate surface area is 110 Å². The molecular formula is C10H24N4O3S. The Bertz CT molecular complexity index is 317. The van der Waals surface area contributed by atoms with E-state index in [9.17, 15) is 8.42 Å². The van der Waals surface area contributed by atoms with Crippen molar-refractivity contribution >= 4 is 10.2 Å². The summed E-state index contributed by atoms with van der Waals surface area (Å²) in [5.74, 6) is 0. The van der Waals surface area contributed by atoms with Crippen molar-refractivity contribution in [2.45, 2.75) is 0 Å². The highest BCUT2D eigenvalue weighted by molar-refractivity contribution is 7.87. The van der Waals surface area contributed by atoms with Crippen LogP contribution in [0.1, 0.15) is 0 Å². The molecular weight excluding hydrogens is 256 g/mol. The Hall–Kier alpha value is -0.250. The third kappa shape index (κ3) is 5.59. The standard InChI is InChI=1S/C10H24N4O3S/c1-13(9-10-17-2)6-5-12-18(15,16)14-7-3-11-4-8-14/h11-12H,3-10H2,1-2H3. The zero-order valence-corrected chi connectivity index (χ0v) is 12.0. The largest absolute Gasteiger partial charge is 0.383 e. The van der Waals surface area contributed by atoms with Crippen LogP contribution in [0, 0.1) is 0 Å². The lowest BCUT2D eigenvalue weighted by Crippen LogP contribution is -2.51. The van der Waals surface area contributed by atoms with E-state index in [0.29, 0.717) is 45.9 Å². The summed E-state index contributed by atoms with van der Waals surface area (Å²) in [4.78, 5) is 2.03. The van der Waals surface area contributed by atoms with Crippen LogP contribution in [0.15, 0.2) is 0 Å². The van der Waals surface area contributed by atoms with Gasteiger partial charge in [-0.25, -0.2) is 4.72 Å². The molecule has 0 atom stereocenters. The fourth-order valence-electron chi connectivity index (χ4n) is 1.70. The summed E-state index contributed by atoms with van der Waals surface area (Å²) < 4.78 is 32.9. The van der Waals surface area contributed by atoms with Gasteiger partial charge in [0.25, 0.3) is 10.2 Å². The molecule has 1 saturated heterocycles. The number of rotatable bonds is 8. The molecule has 1 fully saturated rings. The highest BCUT2D eigenvalue weighted by Crippen LogP contribution is 1.99. The number of piperazine rings is 1. The average Bonchev–Trinajstić information content (AvgIpc) is 2.37. The molecule has 0 radical (unpaired) electrons. The molecule has 1 aliphatic heterocycles. The van der Waals surface area contributed by atoms with Crippen LogP contribution in [0.25, 0.3) is 0 Å². The maximum absolute atomic E-state index is 11.9. The molecule has 0 amide bonds. The molecule has 0 aromatic carbocycles. The van der Waals surface area contributed by atoms with Crippen molar-refractivity contribution in [3.8, 4) is 0 Å². The van der Waals surface area contributed by atoms with Gasteiger partial charge in [0.2, 0.25) is 0 Å². The first-order valence-electron chi connectivity index (χ1n) is 6.19. The zero-order valence-electron chi connectivity index (χ0n) is 11.2. The highest BCUT2D eigenvalue weighted by Gasteiger charge is 2.22. The van der Waals surface area contributed by atoms with Gasteiger partial charge in [-0.3, -0.25) is 0 Å². The number of nitrogens with one attached hydrogen (secondary N) is 2. The van der Waals surface area contributed by atoms with E-state index in [2.05, 4.69) is 10.0 Å². The van der Waals surface area contributed by atoms with E-state index < -0.39 is 10.2 Å². The fourth-order valence-corrected chi connectivity index (χ4v) is 2.90. The molecule has 2 N–H and O–H groups in total. The normalized spacial score (nSPS) is 18.4. The number of nitrogens with zero attached hydrogens (tertiary/aromatic N) is 2. The SMILES string of the molecule is COCCN(C)CCNS(=O)(=O)N1CCNCC1. The van der Waals surface area contributed by atoms with E-state index in [4.69, 9.17) is 4.74 Å². The smallest absolute Gasteiger partial charge is 0.279 e. The van der Waals surface area contributed by atoms with Crippen LogP contribution in [0.4, 0.5) is 0 Å². The molecule has 1 rings (SSSR count). The molecule has 0 aromatic heterocycles. The average molecular weight is 280 g/mol. The van der Waals surface area contributed by atoms with Crippen LogP contribution in [-0.2, 0) is 14.9 Å². The molecule has 0 bridgehead atoms. The molecule has 1 aliphatic rings. The van der Waals surface area contributed by atoms with Gasteiger partial charge in [-0.15, -0.1) is 0 Å². The summed E-state index contributed by atoms with van der Waals surface area (Å²) in [6.45, 7) is 5.06. The van der Waals surface area contributed by atoms with Crippen LogP contribution in [0.2, 0.25) is 0 Å². The summed E-state index contributed by atoms with van der Waals surface area (Å²) >= 11 is 0. The molecule has 0 saturated carbocycles. The summed E-state index contributed by atoms with van der Waals surface area (Å²) in [5.41, 5.74) is 0. The number of hydrogen-bond donors (Lipinski definition) is 2. The van der Waals surface area contributed by atoms with Gasteiger partial charge in [0, 0.05) is 52.9 Å². The minimum Gasteiger partial charge on any atom is -0.383 e. The molecule has 0 unspecified atom stereocenters. The fraction of sp³-hybridized carbons (Fsp3) is 1.00. The van der Waals surface area contributed by atoms with Crippen molar-refractivity contribution in [3.05, 3.63) is 0 Å². The van der Waals surface area contributed by atoms with Crippen molar-refractivity contribution in [2.75, 3.05) is 66.6 Å². The molecule has 7 nitrogen and oxygen atoms in total. The minimum absolute atomic E-state index is 0.423. The predicted octanol–water partition coefficient (Wildman–Crippen LogP) is -1.70. The van der Waals surface area contributed by atoms with E-state index in [1.807, 2.05) is 11.9 Å². The molecule has 8 heteroatoms. The highest BCUT2D eigenvalue weighted by atomic mass is 32.2. The summed E-state index contributed by atoms with van der Waals surface area (Å²) in [6.07, 6.45) is 0. The number of likely N-dealkylation sites (N-methyl/N-ethyl adjacent to an activating group) is 1. The van der Waals surface area contributed by atoms with Crippen LogP contribution >= 0.6 is 0 Å². The number of ether oxygens (including phenoxy) is 1. The first-order chi connectivity index (χ1) is 8.56. The van der Waals surface area contributed by atoms with Crippen LogP contribution in [0.3, 0.4) is 0 Å². The van der Waals surface area contributed by atoms with E-state index in [1.165, 1.54) is 4.31 Å². The zero-order chi connectivity index (χ0) is 13.4. The van der Waals surface area contributed by atoms with Gasteiger partial charge in [-0.2, -0.15) is 12.7 Å². The lowest BCUT2D eigenvalue weighted by atomic mass is 10.4. The Balaban J connectivity index is 2.24. The van der Waals surface area contributed by atoms with Crippen molar-refractivity contribution in [1.82, 2.24) is 19.2 Å². The van der Waals surface area contributed by atoms with E-state index >= 15 is 0 Å². The van der Waals surface area contributed by atoms with Crippen molar-refractivity contribution in [3.63, 3.8) is 0 Å². The molecule has 108 valence electrons. The van der Waals surface area contributed by atoms with Crippen molar-refractivity contribution in [1.29, 1.82) is 0 Å². The topological polar surface area (TPSA) is 73.9 Å². The minimum atomic E-state index is -3.31. The van der Waals surface area contributed by atoms with E-state index in [-0.39, 0.29) is 0 Å². The summed E-state index contributed by atoms with van der Waals surface area (Å²) in [6, 6.07) is 0. The van der Waals surface area contributed by atoms with Crippen LogP contribution < -0.4 is 10.0 Å². The number of hydrogen-bond acceptors (Lipinski definition) is 5. The number of methoxy groups -OCH3 is 1. The second-order valence-corrected chi connectivity index (χ2v) is 6.10. The van der Waals surface area contributed by atoms with Gasteiger partial charge in [-0.05, 0) is 7.05 Å². The van der Waals surface area contributed by atoms with Gasteiger partial charge in [-0.1, -0.05) is 0 Å². The first kappa shape index (κ1) is 15.8. The third-order valence-electron chi connectivity index (χ3n) is 2.87. The Morgan fingerprint density at radius 3 is 2.61 bits per heavy atom. The van der Waals surface area contributed by atoms with Gasteiger partial charge < -0.3 is 15.0 Å². The van der Waals surface area contributed by atoms with Crippen molar-refractivity contribution < 1.29 is 13.2 Å². The summed E-state index contributed by atoms with van der Waals surface area (Å²) in [7, 11) is 0.282. The maximum Gasteiger partial charge on any atom is 0.279 e. The third-order valence-corrected chi connectivity index (χ3v) is 4.48. The summed E-state index contributed by atoms with van der Waals surface area (Å²) in [5, 5.41) is 3.13. The van der Waals surface area contributed by atoms with Crippen LogP contribution in [-0.4, -0.2) is 84.2 Å².